The van der Waals surface area contributed by atoms with Crippen LogP contribution in [-0.2, 0) is 0 Å². The first-order valence-corrected chi connectivity index (χ1v) is 7.50. The molecule has 1 aromatic rings. The van der Waals surface area contributed by atoms with Gasteiger partial charge in [0.05, 0.1) is 12.3 Å². The normalized spacial score (nSPS) is 26.5. The van der Waals surface area contributed by atoms with Gasteiger partial charge in [0.25, 0.3) is 0 Å². The zero-order valence-corrected chi connectivity index (χ0v) is 13.2. The third-order valence-electron chi connectivity index (χ3n) is 3.73. The Kier molecular flexibility index (Phi) is 4.66. The maximum Gasteiger partial charge on any atom is 0.225 e. The van der Waals surface area contributed by atoms with Crippen LogP contribution in [0.25, 0.3) is 0 Å². The van der Waals surface area contributed by atoms with E-state index in [9.17, 15) is 9.50 Å². The maximum atomic E-state index is 13.9. The van der Waals surface area contributed by atoms with Gasteiger partial charge in [-0.2, -0.15) is 4.98 Å². The minimum atomic E-state index is -0.470. The highest BCUT2D eigenvalue weighted by Gasteiger charge is 2.27. The summed E-state index contributed by atoms with van der Waals surface area (Å²) in [5, 5.41) is 16.1. The van der Waals surface area contributed by atoms with E-state index in [0.29, 0.717) is 18.3 Å². The average molecular weight is 296 g/mol. The number of aliphatic hydroxyl groups excluding tert-OH is 1. The van der Waals surface area contributed by atoms with E-state index in [0.717, 1.165) is 12.8 Å². The zero-order chi connectivity index (χ0) is 15.6. The first kappa shape index (κ1) is 15.9. The fourth-order valence-electron chi connectivity index (χ4n) is 2.49. The first-order valence-electron chi connectivity index (χ1n) is 7.50. The fourth-order valence-corrected chi connectivity index (χ4v) is 2.49. The van der Waals surface area contributed by atoms with Crippen LogP contribution >= 0.6 is 0 Å². The van der Waals surface area contributed by atoms with Crippen molar-refractivity contribution >= 4 is 11.8 Å². The topological polar surface area (TPSA) is 70.1 Å². The number of halogens is 1. The van der Waals surface area contributed by atoms with Crippen LogP contribution in [0.1, 0.15) is 47.0 Å². The van der Waals surface area contributed by atoms with Gasteiger partial charge in [0.15, 0.2) is 11.6 Å². The molecule has 1 fully saturated rings. The van der Waals surface area contributed by atoms with Gasteiger partial charge < -0.3 is 15.7 Å². The zero-order valence-electron chi connectivity index (χ0n) is 13.2. The molecule has 0 radical (unpaired) electrons. The minimum absolute atomic E-state index is 0.0445. The van der Waals surface area contributed by atoms with Crippen molar-refractivity contribution in [2.45, 2.75) is 64.6 Å². The number of rotatable bonds is 3. The lowest BCUT2D eigenvalue weighted by molar-refractivity contribution is 0.0739. The van der Waals surface area contributed by atoms with Gasteiger partial charge in [-0.15, -0.1) is 0 Å². The van der Waals surface area contributed by atoms with Gasteiger partial charge in [0.2, 0.25) is 5.95 Å². The molecule has 2 rings (SSSR count). The van der Waals surface area contributed by atoms with Gasteiger partial charge in [-0.25, -0.2) is 9.37 Å². The highest BCUT2D eigenvalue weighted by Crippen LogP contribution is 2.27. The molecule has 1 heterocycles. The lowest BCUT2D eigenvalue weighted by Crippen LogP contribution is -2.35. The van der Waals surface area contributed by atoms with Gasteiger partial charge in [-0.05, 0) is 46.0 Å². The van der Waals surface area contributed by atoms with Crippen molar-refractivity contribution in [3.05, 3.63) is 12.0 Å². The van der Waals surface area contributed by atoms with Crippen LogP contribution in [0.15, 0.2) is 6.20 Å². The molecule has 0 amide bonds. The summed E-state index contributed by atoms with van der Waals surface area (Å²) >= 11 is 0. The molecule has 5 nitrogen and oxygen atoms in total. The molecule has 0 aliphatic heterocycles. The van der Waals surface area contributed by atoms with Crippen LogP contribution in [0.2, 0.25) is 0 Å². The van der Waals surface area contributed by atoms with Crippen LogP contribution in [0, 0.1) is 11.7 Å². The third-order valence-corrected chi connectivity index (χ3v) is 3.73. The molecule has 3 atom stereocenters. The molecule has 0 unspecified atom stereocenters. The highest BCUT2D eigenvalue weighted by molar-refractivity contribution is 5.42. The summed E-state index contributed by atoms with van der Waals surface area (Å²) in [5.74, 6) is 0.429. The SMILES string of the molecule is C[C@@H]1CC[C@@H](Nc2nc(NC(C)(C)C)ncc2F)C[C@H]1O. The van der Waals surface area contributed by atoms with E-state index >= 15 is 0 Å². The molecule has 0 saturated heterocycles. The van der Waals surface area contributed by atoms with Crippen LogP contribution in [0.5, 0.6) is 0 Å². The predicted octanol–water partition coefficient (Wildman–Crippen LogP) is 2.79. The molecule has 1 aliphatic rings. The third kappa shape index (κ3) is 4.52. The predicted molar refractivity (Wildman–Crippen MR) is 81.8 cm³/mol. The summed E-state index contributed by atoms with van der Waals surface area (Å²) in [6, 6.07) is 0.0445. The Labute approximate surface area is 125 Å². The molecule has 0 bridgehead atoms. The van der Waals surface area contributed by atoms with Crippen molar-refractivity contribution < 1.29 is 9.50 Å². The van der Waals surface area contributed by atoms with Crippen molar-refractivity contribution in [1.29, 1.82) is 0 Å². The minimum Gasteiger partial charge on any atom is -0.393 e. The van der Waals surface area contributed by atoms with Gasteiger partial charge >= 0.3 is 0 Å². The first-order chi connectivity index (χ1) is 9.74. The summed E-state index contributed by atoms with van der Waals surface area (Å²) in [6.07, 6.45) is 3.29. The van der Waals surface area contributed by atoms with Crippen molar-refractivity contribution in [3.8, 4) is 0 Å². The van der Waals surface area contributed by atoms with Gasteiger partial charge in [-0.1, -0.05) is 6.92 Å². The molecule has 21 heavy (non-hydrogen) atoms. The van der Waals surface area contributed by atoms with E-state index in [1.807, 2.05) is 27.7 Å². The van der Waals surface area contributed by atoms with E-state index in [4.69, 9.17) is 0 Å². The second-order valence-electron chi connectivity index (χ2n) is 6.96. The summed E-state index contributed by atoms with van der Waals surface area (Å²) in [6.45, 7) is 8.01. The summed E-state index contributed by atoms with van der Waals surface area (Å²) in [5.41, 5.74) is -0.189. The summed E-state index contributed by atoms with van der Waals surface area (Å²) < 4.78 is 13.9. The van der Waals surface area contributed by atoms with E-state index in [-0.39, 0.29) is 23.5 Å². The molecular formula is C15H25FN4O. The molecule has 3 N–H and O–H groups in total. The standard InChI is InChI=1S/C15H25FN4O/c1-9-5-6-10(7-12(9)21)18-13-11(16)8-17-14(19-13)20-15(2,3)4/h8-10,12,21H,5-7H2,1-4H3,(H2,17,18,19,20)/t9-,10-,12-/m1/s1. The Morgan fingerprint density at radius 2 is 2.05 bits per heavy atom. The van der Waals surface area contributed by atoms with E-state index < -0.39 is 5.82 Å². The second-order valence-corrected chi connectivity index (χ2v) is 6.96. The van der Waals surface area contributed by atoms with Crippen LogP contribution in [-0.4, -0.2) is 32.8 Å². The largest absolute Gasteiger partial charge is 0.393 e. The van der Waals surface area contributed by atoms with Crippen molar-refractivity contribution in [2.75, 3.05) is 10.6 Å². The number of hydrogen-bond acceptors (Lipinski definition) is 5. The van der Waals surface area contributed by atoms with Gasteiger partial charge in [-0.3, -0.25) is 0 Å². The van der Waals surface area contributed by atoms with E-state index in [2.05, 4.69) is 20.6 Å². The maximum absolute atomic E-state index is 13.9. The lowest BCUT2D eigenvalue weighted by atomic mass is 9.85. The van der Waals surface area contributed by atoms with Crippen LogP contribution in [0.3, 0.4) is 0 Å². The number of anilines is 2. The summed E-state index contributed by atoms with van der Waals surface area (Å²) in [7, 11) is 0. The molecule has 0 aromatic carbocycles. The lowest BCUT2D eigenvalue weighted by Gasteiger charge is -2.31. The molecule has 0 spiro atoms. The smallest absolute Gasteiger partial charge is 0.225 e. The quantitative estimate of drug-likeness (QED) is 0.800. The van der Waals surface area contributed by atoms with Gasteiger partial charge in [0, 0.05) is 11.6 Å². The Hall–Kier alpha value is -1.43. The number of hydrogen-bond donors (Lipinski definition) is 3. The van der Waals surface area contributed by atoms with Gasteiger partial charge in [0.1, 0.15) is 0 Å². The van der Waals surface area contributed by atoms with Crippen LogP contribution < -0.4 is 10.6 Å². The Balaban J connectivity index is 2.07. The number of nitrogens with zero attached hydrogens (tertiary/aromatic N) is 2. The van der Waals surface area contributed by atoms with Crippen molar-refractivity contribution in [3.63, 3.8) is 0 Å². The highest BCUT2D eigenvalue weighted by atomic mass is 19.1. The van der Waals surface area contributed by atoms with Crippen molar-refractivity contribution in [2.24, 2.45) is 5.92 Å². The number of aliphatic hydroxyl groups is 1. The van der Waals surface area contributed by atoms with E-state index in [1.165, 1.54) is 6.20 Å². The second kappa shape index (κ2) is 6.13. The molecular weight excluding hydrogens is 271 g/mol. The number of aromatic nitrogens is 2. The van der Waals surface area contributed by atoms with Crippen molar-refractivity contribution in [1.82, 2.24) is 9.97 Å². The average Bonchev–Trinajstić information content (AvgIpc) is 2.36. The Morgan fingerprint density at radius 1 is 1.33 bits per heavy atom. The molecule has 1 saturated carbocycles. The fraction of sp³-hybridized carbons (Fsp3) is 0.733. The van der Waals surface area contributed by atoms with Crippen LogP contribution in [0.4, 0.5) is 16.2 Å². The van der Waals surface area contributed by atoms with E-state index in [1.54, 1.807) is 0 Å². The molecule has 6 heteroatoms. The Morgan fingerprint density at radius 3 is 2.67 bits per heavy atom. The Bertz CT molecular complexity index is 489. The number of nitrogens with one attached hydrogen (secondary N) is 2. The molecule has 118 valence electrons. The summed E-state index contributed by atoms with van der Waals surface area (Å²) in [4.78, 5) is 8.16. The molecule has 1 aromatic heterocycles. The molecule has 1 aliphatic carbocycles. The monoisotopic (exact) mass is 296 g/mol.